The monoisotopic (exact) mass is 343 g/mol. The number of hydrogen-bond donors (Lipinski definition) is 0. The zero-order valence-electron chi connectivity index (χ0n) is 14.1. The highest BCUT2D eigenvalue weighted by molar-refractivity contribution is 5.85. The summed E-state index contributed by atoms with van der Waals surface area (Å²) in [4.78, 5) is 27.1. The second-order valence-corrected chi connectivity index (χ2v) is 6.00. The predicted octanol–water partition coefficient (Wildman–Crippen LogP) is 0.838. The molecule has 0 radical (unpaired) electrons. The molecule has 2 aromatic rings. The van der Waals surface area contributed by atoms with Crippen LogP contribution < -0.4 is 0 Å². The molecule has 1 atom stereocenters. The van der Waals surface area contributed by atoms with Crippen molar-refractivity contribution in [1.82, 2.24) is 25.1 Å². The van der Waals surface area contributed by atoms with Crippen LogP contribution in [0.5, 0.6) is 0 Å². The highest BCUT2D eigenvalue weighted by Gasteiger charge is 2.41. The van der Waals surface area contributed by atoms with Crippen LogP contribution in [0, 0.1) is 0 Å². The van der Waals surface area contributed by atoms with E-state index in [1.54, 1.807) is 11.8 Å². The summed E-state index contributed by atoms with van der Waals surface area (Å²) in [5.74, 6) is -0.549. The molecule has 1 fully saturated rings. The predicted molar refractivity (Wildman–Crippen MR) is 88.3 cm³/mol. The van der Waals surface area contributed by atoms with Gasteiger partial charge >= 0.3 is 5.97 Å². The van der Waals surface area contributed by atoms with E-state index in [-0.39, 0.29) is 31.1 Å². The first-order chi connectivity index (χ1) is 12.2. The topological polar surface area (TPSA) is 90.2 Å². The SMILES string of the molecule is CCOC(=O)[C@H](Cc1ccccc1)N(C(=O)Cn1cnnn1)C1CC1. The number of esters is 1. The first-order valence-corrected chi connectivity index (χ1v) is 8.41. The number of tetrazole rings is 1. The van der Waals surface area contributed by atoms with Crippen molar-refractivity contribution in [2.24, 2.45) is 0 Å². The van der Waals surface area contributed by atoms with E-state index in [1.165, 1.54) is 11.0 Å². The summed E-state index contributed by atoms with van der Waals surface area (Å²) in [6, 6.07) is 9.08. The van der Waals surface area contributed by atoms with Gasteiger partial charge in [0, 0.05) is 12.5 Å². The van der Waals surface area contributed by atoms with Gasteiger partial charge < -0.3 is 9.64 Å². The van der Waals surface area contributed by atoms with Gasteiger partial charge in [0.05, 0.1) is 6.61 Å². The molecule has 0 aliphatic heterocycles. The molecule has 0 spiro atoms. The quantitative estimate of drug-likeness (QED) is 0.660. The molecule has 8 heteroatoms. The Morgan fingerprint density at radius 3 is 2.68 bits per heavy atom. The fourth-order valence-electron chi connectivity index (χ4n) is 2.83. The van der Waals surface area contributed by atoms with Gasteiger partial charge in [-0.2, -0.15) is 0 Å². The lowest BCUT2D eigenvalue weighted by Gasteiger charge is -2.30. The van der Waals surface area contributed by atoms with E-state index >= 15 is 0 Å². The zero-order chi connectivity index (χ0) is 17.6. The van der Waals surface area contributed by atoms with Crippen molar-refractivity contribution in [3.05, 3.63) is 42.2 Å². The van der Waals surface area contributed by atoms with Crippen LogP contribution in [-0.2, 0) is 27.3 Å². The number of amides is 1. The van der Waals surface area contributed by atoms with Crippen molar-refractivity contribution < 1.29 is 14.3 Å². The second kappa shape index (κ2) is 7.87. The maximum Gasteiger partial charge on any atom is 0.329 e. The first-order valence-electron chi connectivity index (χ1n) is 8.41. The molecule has 1 amide bonds. The molecule has 1 aromatic heterocycles. The Balaban J connectivity index is 1.82. The van der Waals surface area contributed by atoms with Gasteiger partial charge in [-0.15, -0.1) is 5.10 Å². The Morgan fingerprint density at radius 1 is 1.32 bits per heavy atom. The summed E-state index contributed by atoms with van der Waals surface area (Å²) in [7, 11) is 0. The van der Waals surface area contributed by atoms with Crippen molar-refractivity contribution >= 4 is 11.9 Å². The molecule has 1 aromatic carbocycles. The van der Waals surface area contributed by atoms with Gasteiger partial charge in [-0.1, -0.05) is 30.3 Å². The molecule has 0 N–H and O–H groups in total. The van der Waals surface area contributed by atoms with Crippen LogP contribution in [0.3, 0.4) is 0 Å². The van der Waals surface area contributed by atoms with Gasteiger partial charge in [-0.3, -0.25) is 4.79 Å². The summed E-state index contributed by atoms with van der Waals surface area (Å²) in [6.45, 7) is 2.06. The molecule has 132 valence electrons. The minimum Gasteiger partial charge on any atom is -0.464 e. The number of rotatable bonds is 8. The van der Waals surface area contributed by atoms with E-state index in [2.05, 4.69) is 15.5 Å². The van der Waals surface area contributed by atoms with Crippen molar-refractivity contribution in [2.45, 2.75) is 44.8 Å². The third-order valence-electron chi connectivity index (χ3n) is 4.08. The Hall–Kier alpha value is -2.77. The van der Waals surface area contributed by atoms with Crippen molar-refractivity contribution in [3.63, 3.8) is 0 Å². The smallest absolute Gasteiger partial charge is 0.329 e. The van der Waals surface area contributed by atoms with Gasteiger partial charge in [0.1, 0.15) is 18.9 Å². The Kier molecular flexibility index (Phi) is 5.37. The molecule has 1 aliphatic carbocycles. The zero-order valence-corrected chi connectivity index (χ0v) is 14.1. The fourth-order valence-corrected chi connectivity index (χ4v) is 2.83. The van der Waals surface area contributed by atoms with Gasteiger partial charge in [-0.05, 0) is 35.8 Å². The third-order valence-corrected chi connectivity index (χ3v) is 4.08. The summed E-state index contributed by atoms with van der Waals surface area (Å²) in [5.41, 5.74) is 0.987. The normalized spacial score (nSPS) is 14.8. The average molecular weight is 343 g/mol. The standard InChI is InChI=1S/C17H21N5O3/c1-2-25-17(24)15(10-13-6-4-3-5-7-13)22(14-8-9-14)16(23)11-21-12-18-19-20-21/h3-7,12,14-15H,2,8-11H2,1H3/t15-/m0/s1. The van der Waals surface area contributed by atoms with E-state index in [1.807, 2.05) is 30.3 Å². The molecule has 0 unspecified atom stereocenters. The molecular formula is C17H21N5O3. The fraction of sp³-hybridized carbons (Fsp3) is 0.471. The largest absolute Gasteiger partial charge is 0.464 e. The maximum absolute atomic E-state index is 12.8. The molecule has 8 nitrogen and oxygen atoms in total. The van der Waals surface area contributed by atoms with Gasteiger partial charge in [0.15, 0.2) is 0 Å². The van der Waals surface area contributed by atoms with E-state index in [0.29, 0.717) is 6.42 Å². The highest BCUT2D eigenvalue weighted by atomic mass is 16.5. The Morgan fingerprint density at radius 2 is 2.08 bits per heavy atom. The van der Waals surface area contributed by atoms with Crippen LogP contribution in [-0.4, -0.2) is 55.7 Å². The number of ether oxygens (including phenoxy) is 1. The summed E-state index contributed by atoms with van der Waals surface area (Å²) in [6.07, 6.45) is 3.61. The summed E-state index contributed by atoms with van der Waals surface area (Å²) < 4.78 is 6.60. The highest BCUT2D eigenvalue weighted by Crippen LogP contribution is 2.30. The number of aromatic nitrogens is 4. The van der Waals surface area contributed by atoms with Gasteiger partial charge in [-0.25, -0.2) is 9.48 Å². The average Bonchev–Trinajstić information content (AvgIpc) is 3.31. The molecule has 3 rings (SSSR count). The molecule has 0 bridgehead atoms. The van der Waals surface area contributed by atoms with Crippen LogP contribution in [0.1, 0.15) is 25.3 Å². The van der Waals surface area contributed by atoms with Crippen LogP contribution in [0.2, 0.25) is 0 Å². The third kappa shape index (κ3) is 4.40. The number of nitrogens with zero attached hydrogens (tertiary/aromatic N) is 5. The van der Waals surface area contributed by atoms with Crippen LogP contribution in [0.4, 0.5) is 0 Å². The number of benzene rings is 1. The van der Waals surface area contributed by atoms with Crippen LogP contribution in [0.15, 0.2) is 36.7 Å². The van der Waals surface area contributed by atoms with E-state index in [4.69, 9.17) is 4.74 Å². The summed E-state index contributed by atoms with van der Waals surface area (Å²) >= 11 is 0. The lowest BCUT2D eigenvalue weighted by molar-refractivity contribution is -0.155. The molecule has 1 aliphatic rings. The van der Waals surface area contributed by atoms with E-state index in [9.17, 15) is 9.59 Å². The minimum absolute atomic E-state index is 0.00813. The molecular weight excluding hydrogens is 322 g/mol. The van der Waals surface area contributed by atoms with Crippen LogP contribution in [0.25, 0.3) is 0 Å². The first kappa shape index (κ1) is 17.1. The summed E-state index contributed by atoms with van der Waals surface area (Å²) in [5, 5.41) is 10.8. The lowest BCUT2D eigenvalue weighted by atomic mass is 10.0. The van der Waals surface area contributed by atoms with Crippen LogP contribution >= 0.6 is 0 Å². The second-order valence-electron chi connectivity index (χ2n) is 6.00. The van der Waals surface area contributed by atoms with Gasteiger partial charge in [0.25, 0.3) is 0 Å². The minimum atomic E-state index is -0.640. The molecule has 0 saturated heterocycles. The molecule has 25 heavy (non-hydrogen) atoms. The Labute approximate surface area is 145 Å². The van der Waals surface area contributed by atoms with Crippen molar-refractivity contribution in [1.29, 1.82) is 0 Å². The van der Waals surface area contributed by atoms with E-state index < -0.39 is 6.04 Å². The number of hydrogen-bond acceptors (Lipinski definition) is 6. The van der Waals surface area contributed by atoms with Crippen molar-refractivity contribution in [2.75, 3.05) is 6.61 Å². The Bertz CT molecular complexity index is 700. The van der Waals surface area contributed by atoms with Crippen molar-refractivity contribution in [3.8, 4) is 0 Å². The molecule has 1 saturated carbocycles. The lowest BCUT2D eigenvalue weighted by Crippen LogP contribution is -2.49. The van der Waals surface area contributed by atoms with Gasteiger partial charge in [0.2, 0.25) is 5.91 Å². The number of carbonyl (C=O) groups is 2. The van der Waals surface area contributed by atoms with E-state index in [0.717, 1.165) is 18.4 Å². The molecule has 1 heterocycles. The number of carbonyl (C=O) groups excluding carboxylic acids is 2. The maximum atomic E-state index is 12.8.